The summed E-state index contributed by atoms with van der Waals surface area (Å²) < 4.78 is 4.55. The van der Waals surface area contributed by atoms with Crippen LogP contribution in [0, 0.1) is 11.3 Å². The lowest BCUT2D eigenvalue weighted by molar-refractivity contribution is -0.142. The number of nitriles is 1. The zero-order valence-corrected chi connectivity index (χ0v) is 8.80. The highest BCUT2D eigenvalue weighted by molar-refractivity contribution is 5.68. The van der Waals surface area contributed by atoms with E-state index in [9.17, 15) is 4.79 Å². The van der Waals surface area contributed by atoms with Gasteiger partial charge in [0.25, 0.3) is 0 Å². The lowest BCUT2D eigenvalue weighted by Crippen LogP contribution is -2.00. The molecule has 0 unspecified atom stereocenters. The molecule has 13 heavy (non-hydrogen) atoms. The number of ether oxygens (including phenoxy) is 1. The molecule has 0 amide bonds. The lowest BCUT2D eigenvalue weighted by atomic mass is 10.3. The van der Waals surface area contributed by atoms with Gasteiger partial charge in [0.2, 0.25) is 0 Å². The fourth-order valence-corrected chi connectivity index (χ4v) is 0.519. The fraction of sp³-hybridized carbons (Fsp3) is 0.800. The van der Waals surface area contributed by atoms with Crippen molar-refractivity contribution in [2.24, 2.45) is 0 Å². The van der Waals surface area contributed by atoms with E-state index in [0.717, 1.165) is 19.3 Å². The molecule has 0 aromatic rings. The van der Waals surface area contributed by atoms with Gasteiger partial charge in [-0.05, 0) is 13.3 Å². The molecule has 0 spiro atoms. The van der Waals surface area contributed by atoms with E-state index in [1.807, 2.05) is 0 Å². The monoisotopic (exact) mass is 185 g/mol. The van der Waals surface area contributed by atoms with Crippen LogP contribution in [0.5, 0.6) is 0 Å². The first kappa shape index (κ1) is 14.5. The predicted molar refractivity (Wildman–Crippen MR) is 52.1 cm³/mol. The van der Waals surface area contributed by atoms with Gasteiger partial charge in [-0.15, -0.1) is 0 Å². The smallest absolute Gasteiger partial charge is 0.305 e. The summed E-state index contributed by atoms with van der Waals surface area (Å²) in [6.45, 7) is 6.15. The zero-order valence-electron chi connectivity index (χ0n) is 8.80. The normalized spacial score (nSPS) is 7.85. The maximum Gasteiger partial charge on any atom is 0.305 e. The summed E-state index contributed by atoms with van der Waals surface area (Å²) in [6, 6.07) is 2.07. The van der Waals surface area contributed by atoms with Crippen LogP contribution < -0.4 is 0 Å². The Morgan fingerprint density at radius 1 is 1.38 bits per heavy atom. The van der Waals surface area contributed by atoms with Crippen LogP contribution in [0.25, 0.3) is 0 Å². The highest BCUT2D eigenvalue weighted by atomic mass is 16.5. The number of carbonyl (C=O) groups is 1. The molecule has 76 valence electrons. The van der Waals surface area contributed by atoms with Crippen LogP contribution in [0.15, 0.2) is 0 Å². The average molecular weight is 185 g/mol. The van der Waals surface area contributed by atoms with Crippen LogP contribution in [0.4, 0.5) is 0 Å². The van der Waals surface area contributed by atoms with Crippen molar-refractivity contribution in [3.63, 3.8) is 0 Å². The van der Waals surface area contributed by atoms with Gasteiger partial charge in [-0.25, -0.2) is 0 Å². The standard InChI is InChI=1S/C5H9N.C5H10O2/c1-2-3-4-5-6;1-3-5(6)7-4-2/h2-4H2,1H3;3-4H2,1-2H3. The SMILES string of the molecule is CCCCC#N.CCOC(=O)CC. The van der Waals surface area contributed by atoms with E-state index in [0.29, 0.717) is 13.0 Å². The second-order valence-corrected chi connectivity index (χ2v) is 2.42. The first-order valence-electron chi connectivity index (χ1n) is 4.75. The number of hydrogen-bond acceptors (Lipinski definition) is 3. The summed E-state index contributed by atoms with van der Waals surface area (Å²) in [7, 11) is 0. The molecular weight excluding hydrogens is 166 g/mol. The quantitative estimate of drug-likeness (QED) is 0.499. The van der Waals surface area contributed by atoms with Crippen molar-refractivity contribution in [1.82, 2.24) is 0 Å². The minimum absolute atomic E-state index is 0.123. The molecule has 0 saturated carbocycles. The average Bonchev–Trinajstić information content (AvgIpc) is 2.16. The Labute approximate surface area is 80.7 Å². The fourth-order valence-electron chi connectivity index (χ4n) is 0.519. The van der Waals surface area contributed by atoms with Crippen LogP contribution in [0.3, 0.4) is 0 Å². The third-order valence-corrected chi connectivity index (χ3v) is 1.24. The number of esters is 1. The molecule has 0 fully saturated rings. The Morgan fingerprint density at radius 2 is 2.00 bits per heavy atom. The van der Waals surface area contributed by atoms with Crippen LogP contribution in [0.1, 0.15) is 46.5 Å². The number of hydrogen-bond donors (Lipinski definition) is 0. The van der Waals surface area contributed by atoms with E-state index >= 15 is 0 Å². The molecule has 3 heteroatoms. The van der Waals surface area contributed by atoms with Crippen molar-refractivity contribution < 1.29 is 9.53 Å². The summed E-state index contributed by atoms with van der Waals surface area (Å²) in [5, 5.41) is 7.95. The van der Waals surface area contributed by atoms with Gasteiger partial charge in [-0.2, -0.15) is 5.26 Å². The molecule has 3 nitrogen and oxygen atoms in total. The zero-order chi connectivity index (χ0) is 10.5. The van der Waals surface area contributed by atoms with Gasteiger partial charge in [0, 0.05) is 12.8 Å². The van der Waals surface area contributed by atoms with Crippen molar-refractivity contribution in [2.45, 2.75) is 46.5 Å². The Morgan fingerprint density at radius 3 is 2.15 bits per heavy atom. The molecule has 0 heterocycles. The van der Waals surface area contributed by atoms with Crippen molar-refractivity contribution in [3.05, 3.63) is 0 Å². The molecule has 0 aliphatic carbocycles. The Hall–Kier alpha value is -1.04. The van der Waals surface area contributed by atoms with Gasteiger partial charge in [0.05, 0.1) is 12.7 Å². The van der Waals surface area contributed by atoms with E-state index < -0.39 is 0 Å². The Balaban J connectivity index is 0. The van der Waals surface area contributed by atoms with Crippen LogP contribution in [0.2, 0.25) is 0 Å². The molecule has 0 radical (unpaired) electrons. The van der Waals surface area contributed by atoms with Crippen molar-refractivity contribution in [1.29, 1.82) is 5.26 Å². The van der Waals surface area contributed by atoms with Crippen molar-refractivity contribution in [3.8, 4) is 6.07 Å². The maximum atomic E-state index is 10.2. The molecular formula is C10H19NO2. The highest BCUT2D eigenvalue weighted by Crippen LogP contribution is 1.88. The molecule has 0 aromatic heterocycles. The maximum absolute atomic E-state index is 10.2. The second-order valence-electron chi connectivity index (χ2n) is 2.42. The van der Waals surface area contributed by atoms with Crippen molar-refractivity contribution >= 4 is 5.97 Å². The number of carbonyl (C=O) groups excluding carboxylic acids is 1. The number of unbranched alkanes of at least 4 members (excludes halogenated alkanes) is 2. The Bertz CT molecular complexity index is 149. The molecule has 0 bridgehead atoms. The third-order valence-electron chi connectivity index (χ3n) is 1.24. The molecule has 0 atom stereocenters. The van der Waals surface area contributed by atoms with Crippen LogP contribution >= 0.6 is 0 Å². The van der Waals surface area contributed by atoms with E-state index in [4.69, 9.17) is 5.26 Å². The molecule has 0 rings (SSSR count). The van der Waals surface area contributed by atoms with E-state index in [2.05, 4.69) is 17.7 Å². The summed E-state index contributed by atoms with van der Waals surface area (Å²) in [6.07, 6.45) is 3.38. The Kier molecular flexibility index (Phi) is 15.1. The first-order chi connectivity index (χ1) is 6.22. The predicted octanol–water partition coefficient (Wildman–Crippen LogP) is 2.66. The van der Waals surface area contributed by atoms with Crippen molar-refractivity contribution in [2.75, 3.05) is 6.61 Å². The highest BCUT2D eigenvalue weighted by Gasteiger charge is 1.91. The topological polar surface area (TPSA) is 50.1 Å². The molecule has 0 aliphatic rings. The van der Waals surface area contributed by atoms with Gasteiger partial charge in [0.1, 0.15) is 0 Å². The largest absolute Gasteiger partial charge is 0.466 e. The van der Waals surface area contributed by atoms with E-state index in [1.54, 1.807) is 13.8 Å². The summed E-state index contributed by atoms with van der Waals surface area (Å²) in [5.74, 6) is -0.123. The van der Waals surface area contributed by atoms with E-state index in [-0.39, 0.29) is 5.97 Å². The van der Waals surface area contributed by atoms with Gasteiger partial charge >= 0.3 is 5.97 Å². The first-order valence-corrected chi connectivity index (χ1v) is 4.75. The summed E-state index contributed by atoms with van der Waals surface area (Å²) in [5.41, 5.74) is 0. The van der Waals surface area contributed by atoms with E-state index in [1.165, 1.54) is 0 Å². The van der Waals surface area contributed by atoms with Crippen LogP contribution in [-0.4, -0.2) is 12.6 Å². The minimum Gasteiger partial charge on any atom is -0.466 e. The molecule has 0 saturated heterocycles. The van der Waals surface area contributed by atoms with Gasteiger partial charge in [0.15, 0.2) is 0 Å². The van der Waals surface area contributed by atoms with Gasteiger partial charge in [-0.3, -0.25) is 4.79 Å². The number of rotatable bonds is 4. The molecule has 0 aromatic carbocycles. The third kappa shape index (κ3) is 18.2. The van der Waals surface area contributed by atoms with Gasteiger partial charge < -0.3 is 4.74 Å². The summed E-state index contributed by atoms with van der Waals surface area (Å²) >= 11 is 0. The lowest BCUT2D eigenvalue weighted by Gasteiger charge is -1.93. The summed E-state index contributed by atoms with van der Waals surface area (Å²) in [4.78, 5) is 10.2. The van der Waals surface area contributed by atoms with Gasteiger partial charge in [-0.1, -0.05) is 20.3 Å². The van der Waals surface area contributed by atoms with Crippen LogP contribution in [-0.2, 0) is 9.53 Å². The molecule has 0 aliphatic heterocycles. The number of nitrogens with zero attached hydrogens (tertiary/aromatic N) is 1. The molecule has 0 N–H and O–H groups in total. The second kappa shape index (κ2) is 13.5. The minimum atomic E-state index is -0.123.